The van der Waals surface area contributed by atoms with E-state index in [0.29, 0.717) is 0 Å². The molecule has 1 rings (SSSR count). The highest BCUT2D eigenvalue weighted by molar-refractivity contribution is 5.68. The summed E-state index contributed by atoms with van der Waals surface area (Å²) in [6, 6.07) is 9.62. The van der Waals surface area contributed by atoms with Crippen LogP contribution in [0, 0.1) is 0 Å². The van der Waals surface area contributed by atoms with Crippen LogP contribution in [0.1, 0.15) is 66.5 Å². The summed E-state index contributed by atoms with van der Waals surface area (Å²) in [7, 11) is 0. The Morgan fingerprint density at radius 3 is 2.04 bits per heavy atom. The van der Waals surface area contributed by atoms with Crippen LogP contribution in [0.4, 0.5) is 4.79 Å². The number of ether oxygens (including phenoxy) is 2. The molecule has 2 atom stereocenters. The largest absolute Gasteiger partial charge is 0.444 e. The summed E-state index contributed by atoms with van der Waals surface area (Å²) in [4.78, 5) is 12.2. The topological polar surface area (TPSA) is 47.6 Å². The predicted octanol–water partition coefficient (Wildman–Crippen LogP) is 4.85. The second kappa shape index (κ2) is 7.82. The Morgan fingerprint density at radius 2 is 1.61 bits per heavy atom. The molecule has 4 heteroatoms. The Kier molecular flexibility index (Phi) is 6.63. The average Bonchev–Trinajstić information content (AvgIpc) is 2.40. The minimum atomic E-state index is -0.530. The van der Waals surface area contributed by atoms with Gasteiger partial charge in [-0.05, 0) is 53.5 Å². The van der Waals surface area contributed by atoms with Crippen LogP contribution in [0.25, 0.3) is 0 Å². The number of hydrogen-bond acceptors (Lipinski definition) is 3. The number of rotatable bonds is 5. The molecule has 0 aromatic heterocycles. The van der Waals surface area contributed by atoms with Crippen molar-refractivity contribution in [1.29, 1.82) is 0 Å². The molecule has 0 heterocycles. The molecule has 0 saturated carbocycles. The van der Waals surface area contributed by atoms with E-state index in [-0.39, 0.29) is 17.7 Å². The molecule has 0 fully saturated rings. The van der Waals surface area contributed by atoms with Gasteiger partial charge in [0.15, 0.2) is 0 Å². The van der Waals surface area contributed by atoms with Crippen LogP contribution in [0.15, 0.2) is 30.3 Å². The first kappa shape index (κ1) is 19.5. The molecule has 1 aromatic rings. The molecule has 4 nitrogen and oxygen atoms in total. The summed E-state index contributed by atoms with van der Waals surface area (Å²) in [6.45, 7) is 13.7. The van der Waals surface area contributed by atoms with E-state index in [1.165, 1.54) is 0 Å². The Morgan fingerprint density at radius 1 is 1.04 bits per heavy atom. The zero-order valence-electron chi connectivity index (χ0n) is 15.5. The maximum Gasteiger partial charge on any atom is 0.408 e. The monoisotopic (exact) mass is 321 g/mol. The van der Waals surface area contributed by atoms with Gasteiger partial charge < -0.3 is 14.8 Å². The van der Waals surface area contributed by atoms with Gasteiger partial charge in [-0.2, -0.15) is 0 Å². The molecular weight excluding hydrogens is 290 g/mol. The van der Waals surface area contributed by atoms with Gasteiger partial charge in [0.05, 0.1) is 17.7 Å². The lowest BCUT2D eigenvalue weighted by molar-refractivity contribution is -0.0777. The van der Waals surface area contributed by atoms with Crippen molar-refractivity contribution in [3.63, 3.8) is 0 Å². The predicted molar refractivity (Wildman–Crippen MR) is 93.5 cm³/mol. The van der Waals surface area contributed by atoms with E-state index < -0.39 is 11.7 Å². The van der Waals surface area contributed by atoms with Gasteiger partial charge >= 0.3 is 6.09 Å². The maximum absolute atomic E-state index is 12.2. The average molecular weight is 321 g/mol. The standard InChI is InChI=1S/C19H31NO3/c1-8-15(22-18(2,3)4)16(14-12-10-9-11-13-14)20-17(21)23-19(5,6)7/h9-13,15-16H,8H2,1-7H3,(H,20,21)/t15-,16+/m0/s1. The molecule has 0 aliphatic rings. The van der Waals surface area contributed by atoms with Crippen LogP contribution in [0.5, 0.6) is 0 Å². The number of carbonyl (C=O) groups excluding carboxylic acids is 1. The first-order valence-electron chi connectivity index (χ1n) is 8.24. The van der Waals surface area contributed by atoms with E-state index in [1.54, 1.807) is 0 Å². The molecule has 0 bridgehead atoms. The van der Waals surface area contributed by atoms with Crippen LogP contribution in [-0.2, 0) is 9.47 Å². The molecule has 1 amide bonds. The molecule has 1 N–H and O–H groups in total. The molecular formula is C19H31NO3. The summed E-state index contributed by atoms with van der Waals surface area (Å²) < 4.78 is 11.6. The van der Waals surface area contributed by atoms with Crippen LogP contribution < -0.4 is 5.32 Å². The van der Waals surface area contributed by atoms with Gasteiger partial charge in [-0.3, -0.25) is 0 Å². The van der Waals surface area contributed by atoms with E-state index in [0.717, 1.165) is 12.0 Å². The Hall–Kier alpha value is -1.55. The van der Waals surface area contributed by atoms with Crippen LogP contribution in [0.2, 0.25) is 0 Å². The van der Waals surface area contributed by atoms with Gasteiger partial charge in [0.2, 0.25) is 0 Å². The van der Waals surface area contributed by atoms with E-state index in [4.69, 9.17) is 9.47 Å². The van der Waals surface area contributed by atoms with Gasteiger partial charge in [-0.1, -0.05) is 37.3 Å². The number of carbonyl (C=O) groups is 1. The van der Waals surface area contributed by atoms with Crippen molar-refractivity contribution in [2.75, 3.05) is 0 Å². The van der Waals surface area contributed by atoms with E-state index >= 15 is 0 Å². The second-order valence-electron chi connectivity index (χ2n) is 7.71. The third-order valence-corrected chi connectivity index (χ3v) is 3.11. The number of hydrogen-bond donors (Lipinski definition) is 1. The van der Waals surface area contributed by atoms with Gasteiger partial charge in [-0.15, -0.1) is 0 Å². The van der Waals surface area contributed by atoms with Crippen LogP contribution >= 0.6 is 0 Å². The molecule has 0 unspecified atom stereocenters. The fraction of sp³-hybridized carbons (Fsp3) is 0.632. The SMILES string of the molecule is CC[C@H](OC(C)(C)C)[C@H](NC(=O)OC(C)(C)C)c1ccccc1. The number of amides is 1. The summed E-state index contributed by atoms with van der Waals surface area (Å²) in [5.74, 6) is 0. The van der Waals surface area contributed by atoms with E-state index in [1.807, 2.05) is 71.9 Å². The summed E-state index contributed by atoms with van der Waals surface area (Å²) in [5, 5.41) is 2.98. The molecule has 0 aliphatic heterocycles. The van der Waals surface area contributed by atoms with Crippen molar-refractivity contribution in [2.24, 2.45) is 0 Å². The Balaban J connectivity index is 3.00. The van der Waals surface area contributed by atoms with Crippen molar-refractivity contribution in [3.8, 4) is 0 Å². The van der Waals surface area contributed by atoms with E-state index in [9.17, 15) is 4.79 Å². The van der Waals surface area contributed by atoms with Crippen LogP contribution in [0.3, 0.4) is 0 Å². The lowest BCUT2D eigenvalue weighted by Crippen LogP contribution is -2.42. The molecule has 0 aliphatic carbocycles. The Bertz CT molecular complexity index is 486. The number of nitrogens with one attached hydrogen (secondary N) is 1. The second-order valence-corrected chi connectivity index (χ2v) is 7.71. The first-order chi connectivity index (χ1) is 10.5. The Labute approximate surface area is 140 Å². The molecule has 0 radical (unpaired) electrons. The van der Waals surface area contributed by atoms with Crippen molar-refractivity contribution in [1.82, 2.24) is 5.32 Å². The minimum absolute atomic E-state index is 0.134. The van der Waals surface area contributed by atoms with Crippen molar-refractivity contribution in [3.05, 3.63) is 35.9 Å². The molecule has 0 saturated heterocycles. The smallest absolute Gasteiger partial charge is 0.408 e. The highest BCUT2D eigenvalue weighted by Gasteiger charge is 2.29. The third-order valence-electron chi connectivity index (χ3n) is 3.11. The fourth-order valence-electron chi connectivity index (χ4n) is 2.33. The quantitative estimate of drug-likeness (QED) is 0.843. The normalized spacial score (nSPS) is 14.9. The van der Waals surface area contributed by atoms with Gasteiger partial charge in [0, 0.05) is 0 Å². The van der Waals surface area contributed by atoms with Crippen molar-refractivity contribution < 1.29 is 14.3 Å². The maximum atomic E-state index is 12.2. The lowest BCUT2D eigenvalue weighted by Gasteiger charge is -2.34. The van der Waals surface area contributed by atoms with E-state index in [2.05, 4.69) is 12.2 Å². The summed E-state index contributed by atoms with van der Waals surface area (Å²) in [6.07, 6.45) is 0.222. The zero-order valence-corrected chi connectivity index (χ0v) is 15.5. The van der Waals surface area contributed by atoms with Crippen LogP contribution in [-0.4, -0.2) is 23.4 Å². The molecule has 1 aromatic carbocycles. The highest BCUT2D eigenvalue weighted by Crippen LogP contribution is 2.26. The fourth-order valence-corrected chi connectivity index (χ4v) is 2.33. The minimum Gasteiger partial charge on any atom is -0.444 e. The van der Waals surface area contributed by atoms with Gasteiger partial charge in [0.25, 0.3) is 0 Å². The van der Waals surface area contributed by atoms with Crippen molar-refractivity contribution in [2.45, 2.75) is 78.2 Å². The summed E-state index contributed by atoms with van der Waals surface area (Å²) >= 11 is 0. The van der Waals surface area contributed by atoms with Crippen molar-refractivity contribution >= 4 is 6.09 Å². The third kappa shape index (κ3) is 7.51. The summed E-state index contributed by atoms with van der Waals surface area (Å²) in [5.41, 5.74) is 0.191. The lowest BCUT2D eigenvalue weighted by atomic mass is 9.98. The number of alkyl carbamates (subject to hydrolysis) is 1. The molecule has 23 heavy (non-hydrogen) atoms. The molecule has 130 valence electrons. The van der Waals surface area contributed by atoms with Gasteiger partial charge in [0.1, 0.15) is 5.60 Å². The van der Waals surface area contributed by atoms with Gasteiger partial charge in [-0.25, -0.2) is 4.79 Å². The first-order valence-corrected chi connectivity index (χ1v) is 8.24. The highest BCUT2D eigenvalue weighted by atomic mass is 16.6. The molecule has 0 spiro atoms. The number of benzene rings is 1. The zero-order chi connectivity index (χ0) is 17.7.